The van der Waals surface area contributed by atoms with Gasteiger partial charge in [0.15, 0.2) is 5.43 Å². The van der Waals surface area contributed by atoms with E-state index in [1.165, 1.54) is 0 Å². The lowest BCUT2D eigenvalue weighted by Gasteiger charge is -2.16. The standard InChI is InChI=1S/C26H26N2O4/c1-17-10-13-23-20(15-17)26(30)19-7-4-5-8-22(19)28(23)14-6-9-25(29)27-21-12-11-18(31-2)16-24(21)32-3/h4-5,7-8,10-13,15-16H,6,9,14H2,1-3H3,(H,27,29). The number of benzene rings is 3. The first-order valence-corrected chi connectivity index (χ1v) is 10.6. The molecule has 0 aliphatic carbocycles. The number of carbonyl (C=O) groups is 1. The largest absolute Gasteiger partial charge is 0.497 e. The SMILES string of the molecule is COc1ccc(NC(=O)CCCn2c3ccccc3c(=O)c3cc(C)ccc32)c(OC)c1. The highest BCUT2D eigenvalue weighted by Crippen LogP contribution is 2.29. The van der Waals surface area contributed by atoms with Gasteiger partial charge < -0.3 is 19.4 Å². The van der Waals surface area contributed by atoms with E-state index in [9.17, 15) is 9.59 Å². The molecule has 1 heterocycles. The van der Waals surface area contributed by atoms with Crippen LogP contribution in [-0.2, 0) is 11.3 Å². The summed E-state index contributed by atoms with van der Waals surface area (Å²) in [5.74, 6) is 1.11. The summed E-state index contributed by atoms with van der Waals surface area (Å²) in [4.78, 5) is 25.6. The molecule has 0 fully saturated rings. The number of nitrogens with zero attached hydrogens (tertiary/aromatic N) is 1. The average molecular weight is 431 g/mol. The Labute approximate surface area is 186 Å². The maximum absolute atomic E-state index is 13.0. The minimum atomic E-state index is -0.0982. The molecule has 1 amide bonds. The fraction of sp³-hybridized carbons (Fsp3) is 0.231. The molecule has 164 valence electrons. The van der Waals surface area contributed by atoms with Crippen LogP contribution in [0.25, 0.3) is 21.8 Å². The van der Waals surface area contributed by atoms with E-state index in [0.29, 0.717) is 47.3 Å². The van der Waals surface area contributed by atoms with Gasteiger partial charge in [-0.15, -0.1) is 0 Å². The van der Waals surface area contributed by atoms with Crippen LogP contribution in [0.2, 0.25) is 0 Å². The fourth-order valence-corrected chi connectivity index (χ4v) is 4.00. The van der Waals surface area contributed by atoms with Gasteiger partial charge in [0.05, 0.1) is 30.9 Å². The molecule has 0 unspecified atom stereocenters. The van der Waals surface area contributed by atoms with Crippen LogP contribution < -0.4 is 20.2 Å². The lowest BCUT2D eigenvalue weighted by molar-refractivity contribution is -0.116. The number of ether oxygens (including phenoxy) is 2. The Morgan fingerprint density at radius 1 is 0.938 bits per heavy atom. The molecule has 3 aromatic carbocycles. The van der Waals surface area contributed by atoms with Gasteiger partial charge in [-0.25, -0.2) is 0 Å². The zero-order chi connectivity index (χ0) is 22.7. The fourth-order valence-electron chi connectivity index (χ4n) is 4.00. The normalized spacial score (nSPS) is 11.0. The van der Waals surface area contributed by atoms with E-state index in [0.717, 1.165) is 16.6 Å². The van der Waals surface area contributed by atoms with Crippen LogP contribution in [0.5, 0.6) is 11.5 Å². The van der Waals surface area contributed by atoms with E-state index in [1.807, 2.05) is 49.4 Å². The number of pyridine rings is 1. The van der Waals surface area contributed by atoms with Crippen molar-refractivity contribution in [2.75, 3.05) is 19.5 Å². The number of methoxy groups -OCH3 is 2. The predicted molar refractivity (Wildman–Crippen MR) is 128 cm³/mol. The van der Waals surface area contributed by atoms with Crippen LogP contribution in [0.4, 0.5) is 5.69 Å². The van der Waals surface area contributed by atoms with Gasteiger partial charge in [0.25, 0.3) is 0 Å². The Morgan fingerprint density at radius 2 is 1.72 bits per heavy atom. The zero-order valence-electron chi connectivity index (χ0n) is 18.5. The first-order valence-electron chi connectivity index (χ1n) is 10.6. The first kappa shape index (κ1) is 21.4. The monoisotopic (exact) mass is 430 g/mol. The van der Waals surface area contributed by atoms with Crippen molar-refractivity contribution in [1.82, 2.24) is 4.57 Å². The van der Waals surface area contributed by atoms with Gasteiger partial charge in [0, 0.05) is 29.8 Å². The highest BCUT2D eigenvalue weighted by Gasteiger charge is 2.12. The molecule has 1 aromatic heterocycles. The van der Waals surface area contributed by atoms with Gasteiger partial charge in [-0.1, -0.05) is 23.8 Å². The molecule has 1 N–H and O–H groups in total. The van der Waals surface area contributed by atoms with E-state index in [1.54, 1.807) is 32.4 Å². The second-order valence-electron chi connectivity index (χ2n) is 7.74. The summed E-state index contributed by atoms with van der Waals surface area (Å²) in [5.41, 5.74) is 3.46. The van der Waals surface area contributed by atoms with E-state index in [2.05, 4.69) is 9.88 Å². The molecule has 0 saturated heterocycles. The molecular weight excluding hydrogens is 404 g/mol. The quantitative estimate of drug-likeness (QED) is 0.424. The summed E-state index contributed by atoms with van der Waals surface area (Å²) in [5, 5.41) is 4.31. The number of anilines is 1. The summed E-state index contributed by atoms with van der Waals surface area (Å²) in [6.07, 6.45) is 0.961. The van der Waals surface area contributed by atoms with Gasteiger partial charge in [0.2, 0.25) is 5.91 Å². The number of amides is 1. The molecule has 6 nitrogen and oxygen atoms in total. The number of rotatable bonds is 7. The van der Waals surface area contributed by atoms with Crippen LogP contribution in [0, 0.1) is 6.92 Å². The van der Waals surface area contributed by atoms with Crippen LogP contribution in [0.3, 0.4) is 0 Å². The molecule has 0 atom stereocenters. The van der Waals surface area contributed by atoms with Crippen molar-refractivity contribution < 1.29 is 14.3 Å². The average Bonchev–Trinajstić information content (AvgIpc) is 2.81. The molecular formula is C26H26N2O4. The summed E-state index contributed by atoms with van der Waals surface area (Å²) in [7, 11) is 3.14. The molecule has 6 heteroatoms. The number of fused-ring (bicyclic) bond motifs is 2. The van der Waals surface area contributed by atoms with Crippen molar-refractivity contribution in [1.29, 1.82) is 0 Å². The number of aromatic nitrogens is 1. The highest BCUT2D eigenvalue weighted by molar-refractivity contribution is 5.94. The number of aryl methyl sites for hydroxylation is 2. The highest BCUT2D eigenvalue weighted by atomic mass is 16.5. The third-order valence-corrected chi connectivity index (χ3v) is 5.60. The Balaban J connectivity index is 1.55. The van der Waals surface area contributed by atoms with Crippen molar-refractivity contribution >= 4 is 33.4 Å². The molecule has 0 saturated carbocycles. The van der Waals surface area contributed by atoms with Gasteiger partial charge in [0.1, 0.15) is 11.5 Å². The van der Waals surface area contributed by atoms with Crippen molar-refractivity contribution in [2.45, 2.75) is 26.3 Å². The Kier molecular flexibility index (Phi) is 6.12. The predicted octanol–water partition coefficient (Wildman–Crippen LogP) is 4.90. The smallest absolute Gasteiger partial charge is 0.224 e. The number of hydrogen-bond acceptors (Lipinski definition) is 4. The van der Waals surface area contributed by atoms with Crippen molar-refractivity contribution in [3.05, 3.63) is 76.5 Å². The van der Waals surface area contributed by atoms with Gasteiger partial charge >= 0.3 is 0 Å². The second-order valence-corrected chi connectivity index (χ2v) is 7.74. The topological polar surface area (TPSA) is 69.6 Å². The summed E-state index contributed by atoms with van der Waals surface area (Å²) in [6.45, 7) is 2.60. The minimum absolute atomic E-state index is 0.0416. The molecule has 0 spiro atoms. The van der Waals surface area contributed by atoms with Gasteiger partial charge in [-0.05, 0) is 49.7 Å². The summed E-state index contributed by atoms with van der Waals surface area (Å²) in [6, 6.07) is 18.8. The lowest BCUT2D eigenvalue weighted by Crippen LogP contribution is -2.15. The van der Waals surface area contributed by atoms with Crippen LogP contribution in [0.15, 0.2) is 65.5 Å². The second kappa shape index (κ2) is 9.14. The minimum Gasteiger partial charge on any atom is -0.497 e. The molecule has 4 rings (SSSR count). The molecule has 0 radical (unpaired) electrons. The maximum atomic E-state index is 13.0. The third kappa shape index (κ3) is 4.17. The van der Waals surface area contributed by atoms with E-state index in [-0.39, 0.29) is 11.3 Å². The summed E-state index contributed by atoms with van der Waals surface area (Å²) < 4.78 is 12.7. The van der Waals surface area contributed by atoms with Gasteiger partial charge in [-0.3, -0.25) is 9.59 Å². The molecule has 0 bridgehead atoms. The van der Waals surface area contributed by atoms with Crippen LogP contribution >= 0.6 is 0 Å². The molecule has 4 aromatic rings. The Hall–Kier alpha value is -3.80. The van der Waals surface area contributed by atoms with Crippen molar-refractivity contribution in [3.63, 3.8) is 0 Å². The number of hydrogen-bond donors (Lipinski definition) is 1. The van der Waals surface area contributed by atoms with Crippen LogP contribution in [-0.4, -0.2) is 24.7 Å². The Bertz CT molecular complexity index is 1360. The summed E-state index contributed by atoms with van der Waals surface area (Å²) >= 11 is 0. The first-order chi connectivity index (χ1) is 15.5. The third-order valence-electron chi connectivity index (χ3n) is 5.60. The Morgan fingerprint density at radius 3 is 2.50 bits per heavy atom. The van der Waals surface area contributed by atoms with E-state index < -0.39 is 0 Å². The number of nitrogens with one attached hydrogen (secondary N) is 1. The van der Waals surface area contributed by atoms with E-state index in [4.69, 9.17) is 9.47 Å². The van der Waals surface area contributed by atoms with E-state index >= 15 is 0 Å². The number of carbonyl (C=O) groups excluding carboxylic acids is 1. The number of para-hydroxylation sites is 1. The molecule has 32 heavy (non-hydrogen) atoms. The molecule has 0 aliphatic rings. The van der Waals surface area contributed by atoms with Crippen LogP contribution in [0.1, 0.15) is 18.4 Å². The maximum Gasteiger partial charge on any atom is 0.224 e. The lowest BCUT2D eigenvalue weighted by atomic mass is 10.1. The van der Waals surface area contributed by atoms with Crippen molar-refractivity contribution in [2.24, 2.45) is 0 Å². The zero-order valence-corrected chi connectivity index (χ0v) is 18.5. The van der Waals surface area contributed by atoms with Crippen molar-refractivity contribution in [3.8, 4) is 11.5 Å². The molecule has 0 aliphatic heterocycles. The van der Waals surface area contributed by atoms with Gasteiger partial charge in [-0.2, -0.15) is 0 Å².